The molecule has 3 unspecified atom stereocenters. The van der Waals surface area contributed by atoms with Gasteiger partial charge in [-0.25, -0.2) is 0 Å². The molecule has 0 saturated carbocycles. The maximum absolute atomic E-state index is 6.63. The zero-order valence-corrected chi connectivity index (χ0v) is 36.0. The van der Waals surface area contributed by atoms with E-state index in [0.29, 0.717) is 11.8 Å². The summed E-state index contributed by atoms with van der Waals surface area (Å²) in [6.45, 7) is 20.3. The van der Waals surface area contributed by atoms with Gasteiger partial charge in [0.2, 0.25) is 0 Å². The summed E-state index contributed by atoms with van der Waals surface area (Å²) < 4.78 is 0. The van der Waals surface area contributed by atoms with Crippen molar-refractivity contribution in [1.82, 2.24) is 0 Å². The predicted molar refractivity (Wildman–Crippen MR) is 250 cm³/mol. The minimum atomic E-state index is -0.358. The first-order valence-electron chi connectivity index (χ1n) is 21.5. The fourth-order valence-corrected chi connectivity index (χ4v) is 7.74. The quantitative estimate of drug-likeness (QED) is 0.0909. The van der Waals surface area contributed by atoms with Crippen LogP contribution >= 0.6 is 0 Å². The molecule has 3 heteroatoms. The van der Waals surface area contributed by atoms with Crippen LogP contribution in [-0.4, -0.2) is 7.85 Å². The van der Waals surface area contributed by atoms with Gasteiger partial charge in [-0.3, -0.25) is 0 Å². The molecule has 0 saturated heterocycles. The third-order valence-electron chi connectivity index (χ3n) is 13.2. The van der Waals surface area contributed by atoms with Gasteiger partial charge in [0.25, 0.3) is 0 Å². The van der Waals surface area contributed by atoms with Crippen molar-refractivity contribution in [1.29, 1.82) is 0 Å². The Labute approximate surface area is 346 Å². The largest absolute Gasteiger partial charge is 0.311 e. The Hall–Kier alpha value is -5.02. The number of hydrogen-bond acceptors (Lipinski definition) is 2. The molecule has 0 aromatic heterocycles. The Kier molecular flexibility index (Phi) is 13.2. The second kappa shape index (κ2) is 18.1. The summed E-state index contributed by atoms with van der Waals surface area (Å²) in [4.78, 5) is 4.73. The molecule has 2 radical (unpaired) electrons. The Bertz CT molecular complexity index is 2140. The molecule has 292 valence electrons. The topological polar surface area (TPSA) is 6.48 Å². The molecule has 0 aliphatic rings. The lowest BCUT2D eigenvalue weighted by Crippen LogP contribution is -2.20. The first-order valence-corrected chi connectivity index (χ1v) is 21.5. The molecule has 2 nitrogen and oxygen atoms in total. The van der Waals surface area contributed by atoms with Crippen molar-refractivity contribution < 1.29 is 0 Å². The molecule has 0 bridgehead atoms. The van der Waals surface area contributed by atoms with E-state index >= 15 is 0 Å². The fraction of sp³-hybridized carbons (Fsp3) is 0.333. The minimum Gasteiger partial charge on any atom is -0.311 e. The maximum Gasteiger partial charge on any atom is 0.0806 e. The van der Waals surface area contributed by atoms with E-state index in [1.807, 2.05) is 0 Å². The summed E-state index contributed by atoms with van der Waals surface area (Å²) in [5.41, 5.74) is 14.7. The van der Waals surface area contributed by atoms with E-state index in [9.17, 15) is 0 Å². The lowest BCUT2D eigenvalue weighted by molar-refractivity contribution is 0.439. The molecule has 6 aromatic rings. The summed E-state index contributed by atoms with van der Waals surface area (Å²) in [5, 5.41) is -0.358. The van der Waals surface area contributed by atoms with Gasteiger partial charge in [-0.15, -0.1) is 0 Å². The van der Waals surface area contributed by atoms with Crippen LogP contribution in [0.25, 0.3) is 11.1 Å². The minimum absolute atomic E-state index is 0.180. The molecule has 6 rings (SSSR count). The lowest BCUT2D eigenvalue weighted by Gasteiger charge is -2.30. The van der Waals surface area contributed by atoms with Crippen LogP contribution in [0.2, 0.25) is 0 Å². The van der Waals surface area contributed by atoms with Gasteiger partial charge in [0, 0.05) is 34.1 Å². The van der Waals surface area contributed by atoms with E-state index in [1.54, 1.807) is 0 Å². The highest BCUT2D eigenvalue weighted by atomic mass is 15.1. The van der Waals surface area contributed by atoms with Crippen molar-refractivity contribution >= 4 is 42.0 Å². The van der Waals surface area contributed by atoms with E-state index in [-0.39, 0.29) is 10.7 Å². The molecule has 0 spiro atoms. The summed E-state index contributed by atoms with van der Waals surface area (Å²) in [5.74, 6) is 1.06. The van der Waals surface area contributed by atoms with Crippen molar-refractivity contribution in [2.45, 2.75) is 117 Å². The highest BCUT2D eigenvalue weighted by Gasteiger charge is 2.23. The van der Waals surface area contributed by atoms with Crippen LogP contribution in [-0.2, 0) is 10.7 Å². The Balaban J connectivity index is 1.33. The van der Waals surface area contributed by atoms with Gasteiger partial charge in [-0.1, -0.05) is 147 Å². The third kappa shape index (κ3) is 9.09. The average Bonchev–Trinajstić information content (AvgIpc) is 3.27. The molecule has 6 aromatic carbocycles. The standard InChI is InChI=1S/C54H63BN2/c1-10-39(6)41-15-27-47(28-16-41)56(51-35-23-45(24-36-51)53(8,12-3)13-4)49-31-19-43(20-32-49)44-21-33-50(34-22-44)57(48-29-17-42(18-30-48)40(7)11-2)52-37-25-46(26-38-52)54(9,55)14-5/h15-40H,10-14H2,1-9H3. The highest BCUT2D eigenvalue weighted by molar-refractivity contribution is 6.15. The van der Waals surface area contributed by atoms with Crippen molar-refractivity contribution in [2.75, 3.05) is 9.80 Å². The van der Waals surface area contributed by atoms with Crippen molar-refractivity contribution in [3.05, 3.63) is 168 Å². The fourth-order valence-electron chi connectivity index (χ4n) is 7.74. The van der Waals surface area contributed by atoms with Gasteiger partial charge >= 0.3 is 0 Å². The first kappa shape index (κ1) is 41.6. The summed E-state index contributed by atoms with van der Waals surface area (Å²) >= 11 is 0. The molecule has 0 amide bonds. The number of benzene rings is 6. The van der Waals surface area contributed by atoms with Gasteiger partial charge in [-0.2, -0.15) is 0 Å². The molecule has 3 atom stereocenters. The van der Waals surface area contributed by atoms with Crippen LogP contribution in [0.5, 0.6) is 0 Å². The van der Waals surface area contributed by atoms with Gasteiger partial charge in [0.1, 0.15) is 0 Å². The van der Waals surface area contributed by atoms with Gasteiger partial charge < -0.3 is 9.80 Å². The van der Waals surface area contributed by atoms with Crippen molar-refractivity contribution in [3.8, 4) is 11.1 Å². The second-order valence-electron chi connectivity index (χ2n) is 16.7. The number of hydrogen-bond donors (Lipinski definition) is 0. The van der Waals surface area contributed by atoms with E-state index in [2.05, 4.69) is 218 Å². The van der Waals surface area contributed by atoms with Crippen LogP contribution in [0, 0.1) is 0 Å². The predicted octanol–water partition coefficient (Wildman–Crippen LogP) is 16.2. The molecule has 0 N–H and O–H groups in total. The SMILES string of the molecule is [B]C(C)(CC)c1ccc(N(c2ccc(-c3ccc(N(c4ccc(C(C)CC)cc4)c4ccc(C(C)(CC)CC)cc4)cc3)cc2)c2ccc(C(C)CC)cc2)cc1. The third-order valence-corrected chi connectivity index (χ3v) is 13.2. The normalized spacial score (nSPS) is 13.8. The smallest absolute Gasteiger partial charge is 0.0806 e. The van der Waals surface area contributed by atoms with Crippen LogP contribution in [0.15, 0.2) is 146 Å². The van der Waals surface area contributed by atoms with Gasteiger partial charge in [-0.05, 0) is 149 Å². The lowest BCUT2D eigenvalue weighted by atomic mass is 9.64. The van der Waals surface area contributed by atoms with Gasteiger partial charge in [0.05, 0.1) is 7.85 Å². The zero-order valence-electron chi connectivity index (χ0n) is 36.0. The first-order chi connectivity index (χ1) is 27.4. The van der Waals surface area contributed by atoms with E-state index in [0.717, 1.165) is 71.8 Å². The average molecular weight is 751 g/mol. The second-order valence-corrected chi connectivity index (χ2v) is 16.7. The molecular weight excluding hydrogens is 687 g/mol. The number of rotatable bonds is 16. The molecule has 0 aliphatic heterocycles. The molecule has 0 fully saturated rings. The van der Waals surface area contributed by atoms with Crippen molar-refractivity contribution in [2.24, 2.45) is 0 Å². The molecular formula is C54H63BN2. The Morgan fingerprint density at radius 3 is 0.965 bits per heavy atom. The molecule has 0 aliphatic carbocycles. The van der Waals surface area contributed by atoms with Gasteiger partial charge in [0.15, 0.2) is 0 Å². The van der Waals surface area contributed by atoms with E-state index in [1.165, 1.54) is 27.8 Å². The van der Waals surface area contributed by atoms with E-state index in [4.69, 9.17) is 7.85 Å². The van der Waals surface area contributed by atoms with Crippen LogP contribution in [0.3, 0.4) is 0 Å². The van der Waals surface area contributed by atoms with Crippen molar-refractivity contribution in [3.63, 3.8) is 0 Å². The highest BCUT2D eigenvalue weighted by Crippen LogP contribution is 2.41. The Morgan fingerprint density at radius 1 is 0.404 bits per heavy atom. The maximum atomic E-state index is 6.63. The summed E-state index contributed by atoms with van der Waals surface area (Å²) in [7, 11) is 6.63. The monoisotopic (exact) mass is 751 g/mol. The number of anilines is 6. The van der Waals surface area contributed by atoms with Crippen LogP contribution in [0.4, 0.5) is 34.1 Å². The van der Waals surface area contributed by atoms with Crippen LogP contribution in [0.1, 0.15) is 129 Å². The number of nitrogens with zero attached hydrogens (tertiary/aromatic N) is 2. The molecule has 57 heavy (non-hydrogen) atoms. The molecule has 0 heterocycles. The Morgan fingerprint density at radius 2 is 0.684 bits per heavy atom. The summed E-state index contributed by atoms with van der Waals surface area (Å²) in [6.07, 6.45) is 5.37. The van der Waals surface area contributed by atoms with E-state index < -0.39 is 0 Å². The summed E-state index contributed by atoms with van der Waals surface area (Å²) in [6, 6.07) is 54.2. The zero-order chi connectivity index (χ0) is 40.7. The van der Waals surface area contributed by atoms with Crippen LogP contribution < -0.4 is 9.80 Å².